The van der Waals surface area contributed by atoms with Gasteiger partial charge in [0.1, 0.15) is 0 Å². The van der Waals surface area contributed by atoms with Gasteiger partial charge in [-0.25, -0.2) is 0 Å². The third kappa shape index (κ3) is 3.49. The molecule has 21 heavy (non-hydrogen) atoms. The number of alkyl halides is 1. The summed E-state index contributed by atoms with van der Waals surface area (Å²) in [6.45, 7) is 12.3. The first-order valence-electron chi connectivity index (χ1n) is 8.72. The lowest BCUT2D eigenvalue weighted by Gasteiger charge is -2.55. The second kappa shape index (κ2) is 6.60. The Morgan fingerprint density at radius 3 is 2.67 bits per heavy atom. The van der Waals surface area contributed by atoms with Gasteiger partial charge >= 0.3 is 0 Å². The van der Waals surface area contributed by atoms with Crippen molar-refractivity contribution in [3.05, 3.63) is 22.8 Å². The van der Waals surface area contributed by atoms with Crippen molar-refractivity contribution in [3.63, 3.8) is 0 Å². The first-order valence-corrected chi connectivity index (χ1v) is 9.84. The minimum absolute atomic E-state index is 0.471. The Morgan fingerprint density at radius 1 is 1.29 bits per heavy atom. The smallest absolute Gasteiger partial charge is 0.0214 e. The third-order valence-corrected chi connectivity index (χ3v) is 6.76. The van der Waals surface area contributed by atoms with Crippen LogP contribution < -0.4 is 0 Å². The minimum atomic E-state index is 0.471. The van der Waals surface area contributed by atoms with Crippen LogP contribution in [0.5, 0.6) is 0 Å². The molecule has 0 saturated heterocycles. The van der Waals surface area contributed by atoms with E-state index in [9.17, 15) is 0 Å². The van der Waals surface area contributed by atoms with Crippen LogP contribution in [-0.2, 0) is 0 Å². The average molecular weight is 353 g/mol. The summed E-state index contributed by atoms with van der Waals surface area (Å²) in [5.74, 6) is 0.887. The van der Waals surface area contributed by atoms with Crippen molar-refractivity contribution in [2.24, 2.45) is 16.7 Å². The molecule has 2 aliphatic carbocycles. The molecule has 0 nitrogen and oxygen atoms in total. The SMILES string of the molecule is CC1=C(CC/C(C)=C/CBr)[C@@]2(C)CCCC(C)(C)[C@@H]2CC1. The van der Waals surface area contributed by atoms with Crippen molar-refractivity contribution < 1.29 is 0 Å². The van der Waals surface area contributed by atoms with Gasteiger partial charge in [-0.1, -0.05) is 65.9 Å². The Morgan fingerprint density at radius 2 is 2.00 bits per heavy atom. The van der Waals surface area contributed by atoms with Crippen LogP contribution in [0.2, 0.25) is 0 Å². The summed E-state index contributed by atoms with van der Waals surface area (Å²) in [6, 6.07) is 0. The second-order valence-electron chi connectivity index (χ2n) is 8.31. The largest absolute Gasteiger partial charge is 0.0883 e. The highest BCUT2D eigenvalue weighted by Gasteiger charge is 2.49. The fraction of sp³-hybridized carbons (Fsp3) is 0.800. The zero-order chi connectivity index (χ0) is 15.7. The zero-order valence-corrected chi connectivity index (χ0v) is 16.3. The summed E-state index contributed by atoms with van der Waals surface area (Å²) >= 11 is 3.52. The number of hydrogen-bond donors (Lipinski definition) is 0. The molecule has 1 heteroatoms. The van der Waals surface area contributed by atoms with Crippen LogP contribution in [0.3, 0.4) is 0 Å². The van der Waals surface area contributed by atoms with E-state index >= 15 is 0 Å². The van der Waals surface area contributed by atoms with E-state index in [0.29, 0.717) is 10.8 Å². The summed E-state index contributed by atoms with van der Waals surface area (Å²) in [7, 11) is 0. The van der Waals surface area contributed by atoms with Crippen LogP contribution in [0, 0.1) is 16.7 Å². The van der Waals surface area contributed by atoms with Gasteiger partial charge in [0.05, 0.1) is 0 Å². The number of rotatable bonds is 4. The van der Waals surface area contributed by atoms with Gasteiger partial charge in [0.25, 0.3) is 0 Å². The monoisotopic (exact) mass is 352 g/mol. The van der Waals surface area contributed by atoms with Gasteiger partial charge in [-0.15, -0.1) is 0 Å². The normalized spacial score (nSPS) is 33.0. The fourth-order valence-corrected chi connectivity index (χ4v) is 5.80. The summed E-state index contributed by atoms with van der Waals surface area (Å²) in [5.41, 5.74) is 6.05. The Balaban J connectivity index is 2.23. The predicted octanol–water partition coefficient (Wildman–Crippen LogP) is 7.05. The molecule has 0 aromatic heterocycles. The molecule has 2 aliphatic rings. The van der Waals surface area contributed by atoms with E-state index in [1.165, 1.54) is 50.5 Å². The molecular weight excluding hydrogens is 320 g/mol. The quantitative estimate of drug-likeness (QED) is 0.375. The van der Waals surface area contributed by atoms with Gasteiger partial charge in [0.15, 0.2) is 0 Å². The molecule has 0 aliphatic heterocycles. The lowest BCUT2D eigenvalue weighted by Crippen LogP contribution is -2.45. The van der Waals surface area contributed by atoms with Crippen molar-refractivity contribution >= 4 is 15.9 Å². The summed E-state index contributed by atoms with van der Waals surface area (Å²) in [6.07, 6.45) is 11.8. The Kier molecular flexibility index (Phi) is 5.45. The number of hydrogen-bond acceptors (Lipinski definition) is 0. The maximum Gasteiger partial charge on any atom is 0.0214 e. The van der Waals surface area contributed by atoms with Crippen molar-refractivity contribution in [3.8, 4) is 0 Å². The van der Waals surface area contributed by atoms with E-state index in [1.807, 2.05) is 5.57 Å². The standard InChI is InChI=1S/C20H33Br/c1-15(11-14-21)7-9-17-16(2)8-10-18-19(3,4)12-6-13-20(17,18)5/h11,18H,6-10,12-14H2,1-5H3/b15-11+/t18-,20+/m0/s1. The van der Waals surface area contributed by atoms with E-state index in [0.717, 1.165) is 11.2 Å². The molecular formula is C20H33Br. The van der Waals surface area contributed by atoms with Gasteiger partial charge in [-0.2, -0.15) is 0 Å². The first kappa shape index (κ1) is 17.3. The van der Waals surface area contributed by atoms with Gasteiger partial charge in [0, 0.05) is 5.33 Å². The molecule has 0 radical (unpaired) electrons. The van der Waals surface area contributed by atoms with E-state index in [4.69, 9.17) is 0 Å². The van der Waals surface area contributed by atoms with Gasteiger partial charge < -0.3 is 0 Å². The summed E-state index contributed by atoms with van der Waals surface area (Å²) < 4.78 is 0. The molecule has 0 heterocycles. The topological polar surface area (TPSA) is 0 Å². The van der Waals surface area contributed by atoms with Crippen LogP contribution in [0.25, 0.3) is 0 Å². The van der Waals surface area contributed by atoms with E-state index < -0.39 is 0 Å². The lowest BCUT2D eigenvalue weighted by atomic mass is 9.50. The van der Waals surface area contributed by atoms with Gasteiger partial charge in [0.2, 0.25) is 0 Å². The first-order chi connectivity index (χ1) is 9.81. The minimum Gasteiger partial charge on any atom is -0.0883 e. The molecule has 0 N–H and O–H groups in total. The molecule has 0 amide bonds. The van der Waals surface area contributed by atoms with E-state index in [1.54, 1.807) is 5.57 Å². The molecule has 2 atom stereocenters. The molecule has 1 fully saturated rings. The van der Waals surface area contributed by atoms with E-state index in [-0.39, 0.29) is 0 Å². The van der Waals surface area contributed by atoms with Gasteiger partial charge in [-0.3, -0.25) is 0 Å². The molecule has 1 saturated carbocycles. The number of allylic oxidation sites excluding steroid dienone is 4. The summed E-state index contributed by atoms with van der Waals surface area (Å²) in [5, 5.41) is 0.990. The highest BCUT2D eigenvalue weighted by molar-refractivity contribution is 9.09. The van der Waals surface area contributed by atoms with Crippen molar-refractivity contribution in [2.75, 3.05) is 5.33 Å². The molecule has 0 unspecified atom stereocenters. The van der Waals surface area contributed by atoms with Crippen molar-refractivity contribution in [1.29, 1.82) is 0 Å². The van der Waals surface area contributed by atoms with Crippen LogP contribution in [0.15, 0.2) is 22.8 Å². The van der Waals surface area contributed by atoms with Crippen molar-refractivity contribution in [1.82, 2.24) is 0 Å². The molecule has 0 aromatic rings. The predicted molar refractivity (Wildman–Crippen MR) is 97.9 cm³/mol. The van der Waals surface area contributed by atoms with Crippen LogP contribution in [0.4, 0.5) is 0 Å². The lowest BCUT2D eigenvalue weighted by molar-refractivity contribution is 0.0105. The second-order valence-corrected chi connectivity index (χ2v) is 8.96. The average Bonchev–Trinajstić information content (AvgIpc) is 2.37. The highest BCUT2D eigenvalue weighted by atomic mass is 79.9. The molecule has 0 bridgehead atoms. The molecule has 2 rings (SSSR count). The maximum atomic E-state index is 3.52. The maximum absolute atomic E-state index is 3.52. The van der Waals surface area contributed by atoms with Crippen molar-refractivity contribution in [2.45, 2.75) is 79.6 Å². The van der Waals surface area contributed by atoms with Crippen LogP contribution >= 0.6 is 15.9 Å². The third-order valence-electron chi connectivity index (χ3n) is 6.44. The summed E-state index contributed by atoms with van der Waals surface area (Å²) in [4.78, 5) is 0. The Labute approximate surface area is 140 Å². The number of halogens is 1. The zero-order valence-electron chi connectivity index (χ0n) is 14.7. The highest BCUT2D eigenvalue weighted by Crippen LogP contribution is 2.60. The van der Waals surface area contributed by atoms with Crippen LogP contribution in [-0.4, -0.2) is 5.33 Å². The molecule has 120 valence electrons. The molecule has 0 spiro atoms. The number of fused-ring (bicyclic) bond motifs is 1. The molecule has 0 aromatic carbocycles. The Hall–Kier alpha value is -0.0400. The van der Waals surface area contributed by atoms with Crippen LogP contribution in [0.1, 0.15) is 79.6 Å². The fourth-order valence-electron chi connectivity index (χ4n) is 5.25. The Bertz CT molecular complexity index is 441. The van der Waals surface area contributed by atoms with Gasteiger partial charge in [-0.05, 0) is 69.1 Å². The van der Waals surface area contributed by atoms with E-state index in [2.05, 4.69) is 56.6 Å².